The molecule has 0 aliphatic heterocycles. The minimum absolute atomic E-state index is 0.348. The van der Waals surface area contributed by atoms with Gasteiger partial charge in [0.2, 0.25) is 5.75 Å². The lowest BCUT2D eigenvalue weighted by molar-refractivity contribution is 0.102. The van der Waals surface area contributed by atoms with Crippen LogP contribution in [-0.4, -0.2) is 30.9 Å². The Morgan fingerprint density at radius 2 is 1.63 bits per heavy atom. The van der Waals surface area contributed by atoms with Gasteiger partial charge < -0.3 is 24.1 Å². The van der Waals surface area contributed by atoms with Gasteiger partial charge in [-0.15, -0.1) is 0 Å². The lowest BCUT2D eigenvalue weighted by Gasteiger charge is -2.16. The number of anilines is 1. The van der Waals surface area contributed by atoms with Gasteiger partial charge >= 0.3 is 0 Å². The van der Waals surface area contributed by atoms with E-state index >= 15 is 0 Å². The molecule has 0 fully saturated rings. The van der Waals surface area contributed by atoms with Crippen molar-refractivity contribution in [2.45, 2.75) is 20.8 Å². The van der Waals surface area contributed by atoms with Gasteiger partial charge in [-0.25, -0.2) is 0 Å². The molecule has 0 aliphatic rings. The third-order valence-corrected chi connectivity index (χ3v) is 3.78. The maximum atomic E-state index is 12.8. The Morgan fingerprint density at radius 1 is 1.00 bits per heavy atom. The van der Waals surface area contributed by atoms with Gasteiger partial charge in [0.25, 0.3) is 5.91 Å². The van der Waals surface area contributed by atoms with Crippen LogP contribution in [0.3, 0.4) is 0 Å². The van der Waals surface area contributed by atoms with Crippen molar-refractivity contribution in [3.05, 3.63) is 42.0 Å². The number of carbonyl (C=O) groups is 1. The minimum atomic E-state index is -0.348. The number of rotatable bonds is 8. The number of carbonyl (C=O) groups excluding carboxylic acids is 1. The topological polar surface area (TPSA) is 82.8 Å². The molecule has 0 saturated heterocycles. The van der Waals surface area contributed by atoms with E-state index in [0.29, 0.717) is 54.0 Å². The van der Waals surface area contributed by atoms with Crippen LogP contribution in [0.4, 0.5) is 5.82 Å². The molecule has 142 valence electrons. The molecule has 0 radical (unpaired) electrons. The zero-order chi connectivity index (χ0) is 19.2. The van der Waals surface area contributed by atoms with E-state index in [9.17, 15) is 4.79 Å². The smallest absolute Gasteiger partial charge is 0.257 e. The van der Waals surface area contributed by atoms with Crippen LogP contribution >= 0.6 is 0 Å². The summed E-state index contributed by atoms with van der Waals surface area (Å²) in [7, 11) is 0. The summed E-state index contributed by atoms with van der Waals surface area (Å²) in [5.41, 5.74) is 0.974. The van der Waals surface area contributed by atoms with E-state index in [-0.39, 0.29) is 5.91 Å². The van der Waals surface area contributed by atoms with E-state index in [1.54, 1.807) is 18.2 Å². The number of para-hydroxylation sites is 1. The quantitative estimate of drug-likeness (QED) is 0.637. The van der Waals surface area contributed by atoms with Gasteiger partial charge in [0.05, 0.1) is 25.2 Å². The van der Waals surface area contributed by atoms with Crippen LogP contribution in [0, 0.1) is 0 Å². The first kappa shape index (κ1) is 18.6. The normalized spacial score (nSPS) is 10.6. The number of ether oxygens (including phenoxy) is 3. The lowest BCUT2D eigenvalue weighted by atomic mass is 10.1. The molecule has 0 aliphatic carbocycles. The molecule has 3 rings (SSSR count). The number of benzene rings is 2. The molecule has 0 spiro atoms. The third kappa shape index (κ3) is 3.97. The van der Waals surface area contributed by atoms with Crippen LogP contribution in [0.15, 0.2) is 40.9 Å². The van der Waals surface area contributed by atoms with Crippen molar-refractivity contribution in [2.75, 3.05) is 25.1 Å². The molecule has 3 aromatic rings. The van der Waals surface area contributed by atoms with E-state index in [0.717, 1.165) is 5.39 Å². The van der Waals surface area contributed by atoms with Crippen LogP contribution in [-0.2, 0) is 0 Å². The van der Waals surface area contributed by atoms with Crippen molar-refractivity contribution in [1.82, 2.24) is 5.16 Å². The first-order valence-electron chi connectivity index (χ1n) is 8.90. The van der Waals surface area contributed by atoms with Crippen molar-refractivity contribution in [2.24, 2.45) is 0 Å². The van der Waals surface area contributed by atoms with Gasteiger partial charge in [0, 0.05) is 5.56 Å². The molecule has 1 heterocycles. The fourth-order valence-electron chi connectivity index (χ4n) is 2.68. The summed E-state index contributed by atoms with van der Waals surface area (Å²) in [6, 6.07) is 10.6. The van der Waals surface area contributed by atoms with Crippen molar-refractivity contribution in [3.8, 4) is 17.2 Å². The molecule has 0 saturated carbocycles. The number of hydrogen-bond donors (Lipinski definition) is 1. The van der Waals surface area contributed by atoms with Gasteiger partial charge in [-0.3, -0.25) is 4.79 Å². The molecule has 0 atom stereocenters. The molecule has 1 aromatic heterocycles. The Morgan fingerprint density at radius 3 is 2.26 bits per heavy atom. The largest absolute Gasteiger partial charge is 0.490 e. The Labute approximate surface area is 157 Å². The van der Waals surface area contributed by atoms with Gasteiger partial charge in [0.15, 0.2) is 22.9 Å². The van der Waals surface area contributed by atoms with Gasteiger partial charge in [-0.1, -0.05) is 17.3 Å². The predicted octanol–water partition coefficient (Wildman–Crippen LogP) is 4.28. The van der Waals surface area contributed by atoms with Crippen LogP contribution in [0.25, 0.3) is 11.0 Å². The number of nitrogens with zero attached hydrogens (tertiary/aromatic N) is 1. The van der Waals surface area contributed by atoms with E-state index in [2.05, 4.69) is 10.5 Å². The summed E-state index contributed by atoms with van der Waals surface area (Å²) >= 11 is 0. The average molecular weight is 370 g/mol. The fourth-order valence-corrected chi connectivity index (χ4v) is 2.68. The summed E-state index contributed by atoms with van der Waals surface area (Å²) < 4.78 is 22.2. The average Bonchev–Trinajstić information content (AvgIpc) is 3.07. The summed E-state index contributed by atoms with van der Waals surface area (Å²) in [5.74, 6) is 1.42. The Hall–Kier alpha value is -3.22. The highest BCUT2D eigenvalue weighted by Crippen LogP contribution is 2.39. The van der Waals surface area contributed by atoms with E-state index in [4.69, 9.17) is 18.7 Å². The summed E-state index contributed by atoms with van der Waals surface area (Å²) in [4.78, 5) is 12.8. The van der Waals surface area contributed by atoms with Gasteiger partial charge in [-0.2, -0.15) is 0 Å². The summed E-state index contributed by atoms with van der Waals surface area (Å²) in [6.45, 7) is 6.93. The standard InChI is InChI=1S/C20H22N2O5/c1-4-24-16-11-13(12-17(25-5-2)18(16)26-6-3)20(23)21-19-14-9-7-8-10-15(14)27-22-19/h7-12H,4-6H2,1-3H3,(H,21,22,23). The van der Waals surface area contributed by atoms with Gasteiger partial charge in [0.1, 0.15) is 0 Å². The molecule has 0 bridgehead atoms. The van der Waals surface area contributed by atoms with E-state index in [1.165, 1.54) is 0 Å². The van der Waals surface area contributed by atoms with Crippen LogP contribution in [0.2, 0.25) is 0 Å². The number of nitrogens with one attached hydrogen (secondary N) is 1. The van der Waals surface area contributed by atoms with Crippen molar-refractivity contribution in [3.63, 3.8) is 0 Å². The third-order valence-electron chi connectivity index (χ3n) is 3.78. The number of hydrogen-bond acceptors (Lipinski definition) is 6. The minimum Gasteiger partial charge on any atom is -0.490 e. The second-order valence-corrected chi connectivity index (χ2v) is 5.58. The highest BCUT2D eigenvalue weighted by molar-refractivity contribution is 6.08. The summed E-state index contributed by atoms with van der Waals surface area (Å²) in [6.07, 6.45) is 0. The molecule has 7 heteroatoms. The molecule has 1 N–H and O–H groups in total. The Bertz CT molecular complexity index is 908. The van der Waals surface area contributed by atoms with Crippen molar-refractivity contribution >= 4 is 22.7 Å². The van der Waals surface area contributed by atoms with E-state index < -0.39 is 0 Å². The molecular weight excluding hydrogens is 348 g/mol. The second kappa shape index (κ2) is 8.44. The van der Waals surface area contributed by atoms with Crippen LogP contribution in [0.5, 0.6) is 17.2 Å². The number of aromatic nitrogens is 1. The zero-order valence-corrected chi connectivity index (χ0v) is 15.6. The first-order chi connectivity index (χ1) is 13.2. The predicted molar refractivity (Wildman–Crippen MR) is 102 cm³/mol. The van der Waals surface area contributed by atoms with Gasteiger partial charge in [-0.05, 0) is 45.0 Å². The Balaban J connectivity index is 1.95. The summed E-state index contributed by atoms with van der Waals surface area (Å²) in [5, 5.41) is 7.44. The Kier molecular flexibility index (Phi) is 5.80. The van der Waals surface area contributed by atoms with E-state index in [1.807, 2.05) is 39.0 Å². The highest BCUT2D eigenvalue weighted by atomic mass is 16.5. The zero-order valence-electron chi connectivity index (χ0n) is 15.6. The van der Waals surface area contributed by atoms with Crippen molar-refractivity contribution < 1.29 is 23.5 Å². The first-order valence-corrected chi connectivity index (χ1v) is 8.90. The maximum absolute atomic E-state index is 12.8. The maximum Gasteiger partial charge on any atom is 0.257 e. The van der Waals surface area contributed by atoms with Crippen LogP contribution < -0.4 is 19.5 Å². The lowest BCUT2D eigenvalue weighted by Crippen LogP contribution is -2.13. The fraction of sp³-hybridized carbons (Fsp3) is 0.300. The number of amides is 1. The second-order valence-electron chi connectivity index (χ2n) is 5.58. The molecule has 0 unspecified atom stereocenters. The number of fused-ring (bicyclic) bond motifs is 1. The molecule has 27 heavy (non-hydrogen) atoms. The molecule has 2 aromatic carbocycles. The molecule has 1 amide bonds. The monoisotopic (exact) mass is 370 g/mol. The SMILES string of the molecule is CCOc1cc(C(=O)Nc2noc3ccccc23)cc(OCC)c1OCC. The van der Waals surface area contributed by atoms with Crippen LogP contribution in [0.1, 0.15) is 31.1 Å². The molecule has 7 nitrogen and oxygen atoms in total. The van der Waals surface area contributed by atoms with Crippen molar-refractivity contribution in [1.29, 1.82) is 0 Å². The highest BCUT2D eigenvalue weighted by Gasteiger charge is 2.19. The molecular formula is C20H22N2O5.